The van der Waals surface area contributed by atoms with Gasteiger partial charge in [0.1, 0.15) is 0 Å². The summed E-state index contributed by atoms with van der Waals surface area (Å²) >= 11 is 0. The minimum Gasteiger partial charge on any atom is -0.352 e. The van der Waals surface area contributed by atoms with Gasteiger partial charge in [0, 0.05) is 17.5 Å². The molecule has 1 unspecified atom stereocenters. The molecule has 1 saturated heterocycles. The lowest BCUT2D eigenvalue weighted by atomic mass is 10.1. The first-order valence-electron chi connectivity index (χ1n) is 5.10. The standard InChI is InChI=1S/C9H18N2OS2/c10-9(12)11-6-3-1-2-4-8-5-7-13-14-8/h8H,1-7H2,(H3,10,11,12). The van der Waals surface area contributed by atoms with E-state index < -0.39 is 6.03 Å². The second kappa shape index (κ2) is 7.29. The molecule has 0 radical (unpaired) electrons. The molecule has 0 bridgehead atoms. The third-order valence-electron chi connectivity index (χ3n) is 2.23. The van der Waals surface area contributed by atoms with Gasteiger partial charge in [-0.1, -0.05) is 34.4 Å². The maximum Gasteiger partial charge on any atom is 0.312 e. The van der Waals surface area contributed by atoms with Gasteiger partial charge in [-0.2, -0.15) is 0 Å². The summed E-state index contributed by atoms with van der Waals surface area (Å²) in [5, 5.41) is 3.48. The summed E-state index contributed by atoms with van der Waals surface area (Å²) < 4.78 is 0. The van der Waals surface area contributed by atoms with Crippen molar-refractivity contribution in [3.8, 4) is 0 Å². The van der Waals surface area contributed by atoms with Crippen LogP contribution in [0.25, 0.3) is 0 Å². The van der Waals surface area contributed by atoms with Crippen LogP contribution >= 0.6 is 21.6 Å². The van der Waals surface area contributed by atoms with Crippen molar-refractivity contribution in [3.63, 3.8) is 0 Å². The Morgan fingerprint density at radius 2 is 2.29 bits per heavy atom. The molecule has 0 spiro atoms. The van der Waals surface area contributed by atoms with Crippen LogP contribution in [0, 0.1) is 0 Å². The molecule has 3 N–H and O–H groups in total. The van der Waals surface area contributed by atoms with Gasteiger partial charge in [-0.25, -0.2) is 4.79 Å². The summed E-state index contributed by atoms with van der Waals surface area (Å²) in [5.74, 6) is 1.32. The van der Waals surface area contributed by atoms with Crippen molar-refractivity contribution in [3.05, 3.63) is 0 Å². The highest BCUT2D eigenvalue weighted by molar-refractivity contribution is 8.77. The number of nitrogens with one attached hydrogen (secondary N) is 1. The van der Waals surface area contributed by atoms with Gasteiger partial charge < -0.3 is 11.1 Å². The molecule has 14 heavy (non-hydrogen) atoms. The number of unbranched alkanes of at least 4 members (excludes halogenated alkanes) is 2. The molecule has 0 aromatic heterocycles. The number of hydrogen-bond acceptors (Lipinski definition) is 3. The second-order valence-corrected chi connectivity index (χ2v) is 6.26. The lowest BCUT2D eigenvalue weighted by Crippen LogP contribution is -2.29. The van der Waals surface area contributed by atoms with Crippen LogP contribution < -0.4 is 11.1 Å². The lowest BCUT2D eigenvalue weighted by molar-refractivity contribution is 0.248. The molecule has 0 aromatic carbocycles. The lowest BCUT2D eigenvalue weighted by Gasteiger charge is -2.06. The number of nitrogens with two attached hydrogens (primary N) is 1. The van der Waals surface area contributed by atoms with Gasteiger partial charge in [-0.15, -0.1) is 0 Å². The van der Waals surface area contributed by atoms with E-state index >= 15 is 0 Å². The smallest absolute Gasteiger partial charge is 0.312 e. The van der Waals surface area contributed by atoms with Crippen LogP contribution in [0.3, 0.4) is 0 Å². The fraction of sp³-hybridized carbons (Fsp3) is 0.889. The third-order valence-corrected chi connectivity index (χ3v) is 5.24. The van der Waals surface area contributed by atoms with E-state index in [1.807, 2.05) is 21.6 Å². The molecule has 82 valence electrons. The zero-order valence-corrected chi connectivity index (χ0v) is 9.96. The van der Waals surface area contributed by atoms with E-state index in [4.69, 9.17) is 5.73 Å². The Morgan fingerprint density at radius 3 is 2.93 bits per heavy atom. The molecule has 3 nitrogen and oxygen atoms in total. The first kappa shape index (κ1) is 12.0. The van der Waals surface area contributed by atoms with Crippen molar-refractivity contribution in [1.29, 1.82) is 0 Å². The van der Waals surface area contributed by atoms with Gasteiger partial charge >= 0.3 is 6.03 Å². The molecule has 1 atom stereocenters. The zero-order chi connectivity index (χ0) is 10.2. The largest absolute Gasteiger partial charge is 0.352 e. The second-order valence-electron chi connectivity index (χ2n) is 3.47. The van der Waals surface area contributed by atoms with Crippen molar-refractivity contribution < 1.29 is 4.79 Å². The first-order valence-corrected chi connectivity index (χ1v) is 7.49. The van der Waals surface area contributed by atoms with Gasteiger partial charge in [-0.05, 0) is 19.3 Å². The van der Waals surface area contributed by atoms with Gasteiger partial charge in [0.15, 0.2) is 0 Å². The van der Waals surface area contributed by atoms with Gasteiger partial charge in [-0.3, -0.25) is 0 Å². The maximum atomic E-state index is 10.3. The average molecular weight is 234 g/mol. The van der Waals surface area contributed by atoms with Gasteiger partial charge in [0.05, 0.1) is 0 Å². The number of urea groups is 1. The number of amides is 2. The van der Waals surface area contributed by atoms with Crippen molar-refractivity contribution in [1.82, 2.24) is 5.32 Å². The monoisotopic (exact) mass is 234 g/mol. The number of primary amides is 1. The molecule has 1 heterocycles. The maximum absolute atomic E-state index is 10.3. The Labute approximate surface area is 93.4 Å². The van der Waals surface area contributed by atoms with E-state index in [1.54, 1.807) is 0 Å². The minimum absolute atomic E-state index is 0.409. The highest BCUT2D eigenvalue weighted by Crippen LogP contribution is 2.39. The summed E-state index contributed by atoms with van der Waals surface area (Å²) in [7, 11) is 4.04. The molecule has 1 aliphatic heterocycles. The Hall–Kier alpha value is -0.0300. The van der Waals surface area contributed by atoms with Gasteiger partial charge in [0.2, 0.25) is 0 Å². The molecular formula is C9H18N2OS2. The van der Waals surface area contributed by atoms with Crippen LogP contribution in [0.4, 0.5) is 4.79 Å². The van der Waals surface area contributed by atoms with Crippen LogP contribution in [-0.4, -0.2) is 23.6 Å². The van der Waals surface area contributed by atoms with Crippen molar-refractivity contribution in [2.45, 2.75) is 37.4 Å². The molecule has 2 amide bonds. The van der Waals surface area contributed by atoms with Crippen molar-refractivity contribution in [2.75, 3.05) is 12.3 Å². The molecule has 0 aliphatic carbocycles. The first-order chi connectivity index (χ1) is 6.79. The topological polar surface area (TPSA) is 55.1 Å². The predicted octanol–water partition coefficient (Wildman–Crippen LogP) is 2.37. The molecule has 0 saturated carbocycles. The molecule has 1 fully saturated rings. The molecule has 1 aliphatic rings. The third kappa shape index (κ3) is 5.65. The normalized spacial score (nSPS) is 21.0. The predicted molar refractivity (Wildman–Crippen MR) is 64.5 cm³/mol. The SMILES string of the molecule is NC(=O)NCCCCCC1CCSS1. The molecule has 0 aromatic rings. The van der Waals surface area contributed by atoms with E-state index in [-0.39, 0.29) is 0 Å². The Balaban J connectivity index is 1.82. The van der Waals surface area contributed by atoms with Crippen LogP contribution in [0.15, 0.2) is 0 Å². The zero-order valence-electron chi connectivity index (χ0n) is 8.33. The highest BCUT2D eigenvalue weighted by Gasteiger charge is 2.15. The Bertz CT molecular complexity index is 172. The van der Waals surface area contributed by atoms with Crippen LogP contribution in [0.2, 0.25) is 0 Å². The number of carbonyl (C=O) groups is 1. The summed E-state index contributed by atoms with van der Waals surface area (Å²) in [5.41, 5.74) is 4.95. The van der Waals surface area contributed by atoms with E-state index in [1.165, 1.54) is 31.4 Å². The number of carbonyl (C=O) groups excluding carboxylic acids is 1. The van der Waals surface area contributed by atoms with E-state index in [0.29, 0.717) is 0 Å². The fourth-order valence-corrected chi connectivity index (χ4v) is 4.48. The van der Waals surface area contributed by atoms with Crippen LogP contribution in [0.5, 0.6) is 0 Å². The highest BCUT2D eigenvalue weighted by atomic mass is 33.1. The summed E-state index contributed by atoms with van der Waals surface area (Å²) in [6.45, 7) is 0.724. The van der Waals surface area contributed by atoms with Crippen LogP contribution in [-0.2, 0) is 0 Å². The average Bonchev–Trinajstić information content (AvgIpc) is 2.63. The molecular weight excluding hydrogens is 216 g/mol. The minimum atomic E-state index is -0.409. The molecule has 1 rings (SSSR count). The molecule has 5 heteroatoms. The van der Waals surface area contributed by atoms with E-state index in [0.717, 1.165) is 18.2 Å². The number of rotatable bonds is 6. The summed E-state index contributed by atoms with van der Waals surface area (Å²) in [6, 6.07) is -0.409. The van der Waals surface area contributed by atoms with Crippen molar-refractivity contribution in [2.24, 2.45) is 5.73 Å². The van der Waals surface area contributed by atoms with E-state index in [2.05, 4.69) is 5.32 Å². The quantitative estimate of drug-likeness (QED) is 0.548. The Kier molecular flexibility index (Phi) is 6.27. The fourth-order valence-electron chi connectivity index (χ4n) is 1.45. The van der Waals surface area contributed by atoms with Gasteiger partial charge in [0.25, 0.3) is 0 Å². The summed E-state index contributed by atoms with van der Waals surface area (Å²) in [4.78, 5) is 10.3. The summed E-state index contributed by atoms with van der Waals surface area (Å²) in [6.07, 6.45) is 6.22. The Morgan fingerprint density at radius 1 is 1.43 bits per heavy atom. The number of hydrogen-bond donors (Lipinski definition) is 2. The van der Waals surface area contributed by atoms with Crippen molar-refractivity contribution >= 4 is 27.6 Å². The van der Waals surface area contributed by atoms with Crippen LogP contribution in [0.1, 0.15) is 32.1 Å². The van der Waals surface area contributed by atoms with E-state index in [9.17, 15) is 4.79 Å².